The van der Waals surface area contributed by atoms with Crippen molar-refractivity contribution in [2.45, 2.75) is 39.3 Å². The summed E-state index contributed by atoms with van der Waals surface area (Å²) < 4.78 is 19.0. The lowest BCUT2D eigenvalue weighted by atomic mass is 10.2. The Morgan fingerprint density at radius 2 is 2.03 bits per heavy atom. The molecule has 0 aliphatic heterocycles. The molecule has 0 radical (unpaired) electrons. The highest BCUT2D eigenvalue weighted by atomic mass is 79.9. The van der Waals surface area contributed by atoms with Gasteiger partial charge in [0.05, 0.1) is 12.1 Å². The van der Waals surface area contributed by atoms with E-state index in [0.717, 1.165) is 5.56 Å². The van der Waals surface area contributed by atoms with Crippen LogP contribution in [0.1, 0.15) is 43.1 Å². The van der Waals surface area contributed by atoms with Gasteiger partial charge in [0.1, 0.15) is 11.4 Å². The number of amides is 2. The van der Waals surface area contributed by atoms with E-state index in [0.29, 0.717) is 36.1 Å². The molecule has 1 aromatic heterocycles. The van der Waals surface area contributed by atoms with Gasteiger partial charge in [-0.25, -0.2) is 9.18 Å². The second-order valence-corrected chi connectivity index (χ2v) is 8.35. The van der Waals surface area contributed by atoms with Gasteiger partial charge in [0.25, 0.3) is 5.91 Å². The van der Waals surface area contributed by atoms with Crippen LogP contribution in [-0.4, -0.2) is 40.6 Å². The molecule has 0 saturated carbocycles. The lowest BCUT2D eigenvalue weighted by Crippen LogP contribution is -2.38. The molecule has 0 fully saturated rings. The van der Waals surface area contributed by atoms with Crippen molar-refractivity contribution in [1.82, 2.24) is 15.2 Å². The zero-order valence-electron chi connectivity index (χ0n) is 16.7. The molecule has 1 N–H and O–H groups in total. The van der Waals surface area contributed by atoms with E-state index in [1.807, 2.05) is 32.9 Å². The Hall–Kier alpha value is -2.48. The number of hydrogen-bond donors (Lipinski definition) is 1. The Balaban J connectivity index is 1.92. The van der Waals surface area contributed by atoms with E-state index in [4.69, 9.17) is 4.74 Å². The number of carbonyl (C=O) groups is 2. The van der Waals surface area contributed by atoms with Crippen LogP contribution in [0.4, 0.5) is 9.18 Å². The SMILES string of the molecule is CC(C)(C)OC(=O)N(CCCNC(=O)c1ccc(F)cc1Br)Cc1cccnc1. The molecule has 1 heterocycles. The summed E-state index contributed by atoms with van der Waals surface area (Å²) >= 11 is 3.19. The summed E-state index contributed by atoms with van der Waals surface area (Å²) in [4.78, 5) is 30.5. The summed E-state index contributed by atoms with van der Waals surface area (Å²) in [7, 11) is 0. The quantitative estimate of drug-likeness (QED) is 0.609. The minimum absolute atomic E-state index is 0.312. The number of hydrogen-bond acceptors (Lipinski definition) is 4. The van der Waals surface area contributed by atoms with E-state index in [1.54, 1.807) is 17.3 Å². The van der Waals surface area contributed by atoms with E-state index in [2.05, 4.69) is 26.2 Å². The maximum atomic E-state index is 13.2. The van der Waals surface area contributed by atoms with Crippen molar-refractivity contribution in [2.75, 3.05) is 13.1 Å². The van der Waals surface area contributed by atoms with Crippen LogP contribution in [0.3, 0.4) is 0 Å². The van der Waals surface area contributed by atoms with Crippen molar-refractivity contribution < 1.29 is 18.7 Å². The molecule has 0 saturated heterocycles. The zero-order valence-corrected chi connectivity index (χ0v) is 18.3. The lowest BCUT2D eigenvalue weighted by molar-refractivity contribution is 0.0232. The molecule has 156 valence electrons. The number of nitrogens with zero attached hydrogens (tertiary/aromatic N) is 2. The van der Waals surface area contributed by atoms with Crippen molar-refractivity contribution in [2.24, 2.45) is 0 Å². The molecule has 0 unspecified atom stereocenters. The van der Waals surface area contributed by atoms with Crippen LogP contribution in [0.5, 0.6) is 0 Å². The molecule has 29 heavy (non-hydrogen) atoms. The van der Waals surface area contributed by atoms with Crippen LogP contribution in [0.15, 0.2) is 47.2 Å². The Bertz CT molecular complexity index is 841. The summed E-state index contributed by atoms with van der Waals surface area (Å²) in [6, 6.07) is 7.59. The van der Waals surface area contributed by atoms with Gasteiger partial charge in [-0.3, -0.25) is 9.78 Å². The average Bonchev–Trinajstić information content (AvgIpc) is 2.63. The highest BCUT2D eigenvalue weighted by molar-refractivity contribution is 9.10. The first-order chi connectivity index (χ1) is 13.7. The van der Waals surface area contributed by atoms with Crippen molar-refractivity contribution in [3.63, 3.8) is 0 Å². The number of halogens is 2. The molecule has 2 rings (SSSR count). The number of nitrogens with one attached hydrogen (secondary N) is 1. The van der Waals surface area contributed by atoms with Crippen LogP contribution in [0.2, 0.25) is 0 Å². The topological polar surface area (TPSA) is 71.5 Å². The normalized spacial score (nSPS) is 11.1. The minimum atomic E-state index is -0.604. The molecule has 0 spiro atoms. The van der Waals surface area contributed by atoms with Gasteiger partial charge in [0.15, 0.2) is 0 Å². The van der Waals surface area contributed by atoms with Gasteiger partial charge in [0, 0.05) is 30.0 Å². The maximum Gasteiger partial charge on any atom is 0.410 e. The van der Waals surface area contributed by atoms with E-state index in [-0.39, 0.29) is 5.91 Å². The third-order valence-corrected chi connectivity index (χ3v) is 4.47. The van der Waals surface area contributed by atoms with Crippen LogP contribution in [0.25, 0.3) is 0 Å². The Morgan fingerprint density at radius 1 is 1.28 bits per heavy atom. The minimum Gasteiger partial charge on any atom is -0.444 e. The highest BCUT2D eigenvalue weighted by Crippen LogP contribution is 2.18. The largest absolute Gasteiger partial charge is 0.444 e. The molecule has 0 aliphatic carbocycles. The van der Waals surface area contributed by atoms with Gasteiger partial charge in [-0.2, -0.15) is 0 Å². The average molecular weight is 466 g/mol. The predicted molar refractivity (Wildman–Crippen MR) is 112 cm³/mol. The lowest BCUT2D eigenvalue weighted by Gasteiger charge is -2.27. The van der Waals surface area contributed by atoms with E-state index in [9.17, 15) is 14.0 Å². The number of ether oxygens (including phenoxy) is 1. The molecule has 0 aliphatic rings. The number of rotatable bonds is 7. The van der Waals surface area contributed by atoms with Crippen LogP contribution >= 0.6 is 15.9 Å². The van der Waals surface area contributed by atoms with Crippen molar-refractivity contribution in [3.05, 3.63) is 64.1 Å². The fourth-order valence-electron chi connectivity index (χ4n) is 2.51. The monoisotopic (exact) mass is 465 g/mol. The third-order valence-electron chi connectivity index (χ3n) is 3.81. The standard InChI is InChI=1S/C21H25BrFN3O3/c1-21(2,3)29-20(28)26(14-15-6-4-9-24-13-15)11-5-10-25-19(27)17-8-7-16(23)12-18(17)22/h4,6-9,12-13H,5,10-11,14H2,1-3H3,(H,25,27). The molecule has 1 aromatic carbocycles. The Morgan fingerprint density at radius 3 is 2.66 bits per heavy atom. The third kappa shape index (κ3) is 7.81. The predicted octanol–water partition coefficient (Wildman–Crippen LogP) is 4.54. The first-order valence-electron chi connectivity index (χ1n) is 9.26. The van der Waals surface area contributed by atoms with Crippen LogP contribution in [-0.2, 0) is 11.3 Å². The number of aromatic nitrogens is 1. The molecule has 0 bridgehead atoms. The Kier molecular flexibility index (Phi) is 8.13. The molecular formula is C21H25BrFN3O3. The van der Waals surface area contributed by atoms with Gasteiger partial charge in [-0.15, -0.1) is 0 Å². The summed E-state index contributed by atoms with van der Waals surface area (Å²) in [6.07, 6.45) is 3.48. The molecule has 2 aromatic rings. The number of benzene rings is 1. The van der Waals surface area contributed by atoms with Gasteiger partial charge in [-0.1, -0.05) is 6.07 Å². The molecule has 8 heteroatoms. The number of pyridine rings is 1. The first-order valence-corrected chi connectivity index (χ1v) is 10.0. The second kappa shape index (κ2) is 10.3. The summed E-state index contributed by atoms with van der Waals surface area (Å²) in [5, 5.41) is 2.78. The van der Waals surface area contributed by atoms with E-state index in [1.165, 1.54) is 18.2 Å². The second-order valence-electron chi connectivity index (χ2n) is 7.50. The van der Waals surface area contributed by atoms with E-state index >= 15 is 0 Å². The van der Waals surface area contributed by atoms with Crippen LogP contribution in [0, 0.1) is 5.82 Å². The fraction of sp³-hybridized carbons (Fsp3) is 0.381. The summed E-state index contributed by atoms with van der Waals surface area (Å²) in [6.45, 7) is 6.56. The zero-order chi connectivity index (χ0) is 21.4. The van der Waals surface area contributed by atoms with Gasteiger partial charge < -0.3 is 15.0 Å². The van der Waals surface area contributed by atoms with E-state index < -0.39 is 17.5 Å². The number of carbonyl (C=O) groups excluding carboxylic acids is 2. The van der Waals surface area contributed by atoms with Gasteiger partial charge >= 0.3 is 6.09 Å². The highest BCUT2D eigenvalue weighted by Gasteiger charge is 2.22. The van der Waals surface area contributed by atoms with Crippen LogP contribution < -0.4 is 5.32 Å². The van der Waals surface area contributed by atoms with Gasteiger partial charge in [0.2, 0.25) is 0 Å². The molecule has 0 atom stereocenters. The Labute approximate surface area is 178 Å². The smallest absolute Gasteiger partial charge is 0.410 e. The van der Waals surface area contributed by atoms with Crippen molar-refractivity contribution in [1.29, 1.82) is 0 Å². The summed E-state index contributed by atoms with van der Waals surface area (Å²) in [5.41, 5.74) is 0.635. The molecule has 6 nitrogen and oxygen atoms in total. The van der Waals surface area contributed by atoms with Crippen molar-refractivity contribution >= 4 is 27.9 Å². The fourth-order valence-corrected chi connectivity index (χ4v) is 3.05. The maximum absolute atomic E-state index is 13.2. The van der Waals surface area contributed by atoms with Gasteiger partial charge in [-0.05, 0) is 73.0 Å². The first kappa shape index (κ1) is 22.8. The summed E-state index contributed by atoms with van der Waals surface area (Å²) in [5.74, 6) is -0.732. The molecule has 2 amide bonds. The molecular weight excluding hydrogens is 441 g/mol. The van der Waals surface area contributed by atoms with Crippen molar-refractivity contribution in [3.8, 4) is 0 Å².